The van der Waals surface area contributed by atoms with Gasteiger partial charge in [0.2, 0.25) is 0 Å². The second-order valence-electron chi connectivity index (χ2n) is 1.97. The van der Waals surface area contributed by atoms with Gasteiger partial charge >= 0.3 is 11.1 Å². The Morgan fingerprint density at radius 1 is 1.31 bits per heavy atom. The minimum Gasteiger partial charge on any atom is -0.263 e. The molecular formula is C7H6ClNO4. The molecular weight excluding hydrogens is 198 g/mol. The topological polar surface area (TPSA) is 69.4 Å². The fraction of sp³-hybridized carbons (Fsp3) is 0. The lowest BCUT2D eigenvalue weighted by Gasteiger charge is -1.95. The first-order chi connectivity index (χ1) is 5.70. The number of carbonyl (C=O) groups is 1. The molecule has 0 unspecified atom stereocenters. The van der Waals surface area contributed by atoms with E-state index >= 15 is 0 Å². The molecule has 0 N–H and O–H groups in total. The summed E-state index contributed by atoms with van der Waals surface area (Å²) >= 11 is 0. The predicted molar refractivity (Wildman–Crippen MR) is 46.1 cm³/mol. The maximum absolute atomic E-state index is 10.8. The van der Waals surface area contributed by atoms with Crippen LogP contribution in [0.15, 0.2) is 30.3 Å². The number of hydrogen-bond acceptors (Lipinski definition) is 4. The number of halogens is 1. The Bertz CT molecular complexity index is 301. The molecule has 13 heavy (non-hydrogen) atoms. The first-order valence-electron chi connectivity index (χ1n) is 3.12. The molecule has 0 bridgehead atoms. The summed E-state index contributed by atoms with van der Waals surface area (Å²) in [7, 11) is 0. The van der Waals surface area contributed by atoms with E-state index < -0.39 is 11.1 Å². The maximum atomic E-state index is 10.8. The van der Waals surface area contributed by atoms with Gasteiger partial charge in [0, 0.05) is 5.56 Å². The number of nitrogens with zero attached hydrogens (tertiary/aromatic N) is 1. The highest BCUT2D eigenvalue weighted by atomic mass is 35.5. The minimum absolute atomic E-state index is 0. The van der Waals surface area contributed by atoms with Gasteiger partial charge in [-0.2, -0.15) is 0 Å². The van der Waals surface area contributed by atoms with E-state index in [1.54, 1.807) is 18.2 Å². The van der Waals surface area contributed by atoms with Crippen LogP contribution in [-0.2, 0) is 4.84 Å². The number of benzene rings is 1. The Labute approximate surface area is 79.8 Å². The molecule has 0 fully saturated rings. The van der Waals surface area contributed by atoms with Crippen molar-refractivity contribution in [2.45, 2.75) is 0 Å². The minimum atomic E-state index is -1.13. The van der Waals surface area contributed by atoms with Gasteiger partial charge in [-0.15, -0.1) is 22.5 Å². The molecule has 0 aromatic heterocycles. The molecule has 0 saturated carbocycles. The Morgan fingerprint density at radius 3 is 2.31 bits per heavy atom. The number of rotatable bonds is 2. The van der Waals surface area contributed by atoms with Crippen LogP contribution in [0.5, 0.6) is 0 Å². The zero-order valence-electron chi connectivity index (χ0n) is 6.38. The van der Waals surface area contributed by atoms with Crippen LogP contribution in [0.3, 0.4) is 0 Å². The maximum Gasteiger partial charge on any atom is 0.334 e. The summed E-state index contributed by atoms with van der Waals surface area (Å²) in [5.41, 5.74) is 0.161. The Morgan fingerprint density at radius 2 is 1.85 bits per heavy atom. The van der Waals surface area contributed by atoms with Crippen LogP contribution >= 0.6 is 12.4 Å². The van der Waals surface area contributed by atoms with Gasteiger partial charge in [-0.05, 0) is 12.1 Å². The average Bonchev–Trinajstić information content (AvgIpc) is 2.05. The third kappa shape index (κ3) is 3.53. The normalized spacial score (nSPS) is 8.31. The molecule has 5 nitrogen and oxygen atoms in total. The van der Waals surface area contributed by atoms with Crippen molar-refractivity contribution < 1.29 is 14.7 Å². The van der Waals surface area contributed by atoms with Crippen molar-refractivity contribution in [3.05, 3.63) is 46.0 Å². The average molecular weight is 204 g/mol. The van der Waals surface area contributed by atoms with Gasteiger partial charge in [-0.25, -0.2) is 4.84 Å². The summed E-state index contributed by atoms with van der Waals surface area (Å²) in [4.78, 5) is 24.3. The molecule has 0 radical (unpaired) electrons. The zero-order chi connectivity index (χ0) is 8.97. The third-order valence-corrected chi connectivity index (χ3v) is 1.17. The van der Waals surface area contributed by atoms with Crippen LogP contribution < -0.4 is 0 Å². The molecule has 0 spiro atoms. The van der Waals surface area contributed by atoms with Crippen LogP contribution in [-0.4, -0.2) is 11.1 Å². The summed E-state index contributed by atoms with van der Waals surface area (Å²) in [6.45, 7) is 0. The molecule has 6 heteroatoms. The standard InChI is InChI=1S/C7H5NO4.ClH/c9-7(12-8(10)11)6-4-2-1-3-5-6;/h1-5H;1H. The van der Waals surface area contributed by atoms with Crippen LogP contribution in [0.1, 0.15) is 10.4 Å². The Balaban J connectivity index is 0.00000144. The molecule has 0 aliphatic rings. The van der Waals surface area contributed by atoms with E-state index in [4.69, 9.17) is 0 Å². The van der Waals surface area contributed by atoms with E-state index in [2.05, 4.69) is 4.84 Å². The van der Waals surface area contributed by atoms with E-state index in [0.29, 0.717) is 0 Å². The fourth-order valence-corrected chi connectivity index (χ4v) is 0.695. The predicted octanol–water partition coefficient (Wildman–Crippen LogP) is 1.46. The molecule has 70 valence electrons. The smallest absolute Gasteiger partial charge is 0.263 e. The molecule has 0 heterocycles. The molecule has 1 aromatic carbocycles. The molecule has 0 saturated heterocycles. The lowest BCUT2D eigenvalue weighted by molar-refractivity contribution is -0.727. The molecule has 0 atom stereocenters. The molecule has 0 aliphatic heterocycles. The van der Waals surface area contributed by atoms with Crippen molar-refractivity contribution in [3.8, 4) is 0 Å². The highest BCUT2D eigenvalue weighted by Crippen LogP contribution is 2.00. The SMILES string of the molecule is Cl.O=C(O[N+](=O)[O-])c1ccccc1. The molecule has 1 rings (SSSR count). The van der Waals surface area contributed by atoms with E-state index in [1.165, 1.54) is 12.1 Å². The largest absolute Gasteiger partial charge is 0.334 e. The lowest BCUT2D eigenvalue weighted by Crippen LogP contribution is -2.09. The van der Waals surface area contributed by atoms with Crippen LogP contribution in [0.25, 0.3) is 0 Å². The Hall–Kier alpha value is -1.62. The monoisotopic (exact) mass is 203 g/mol. The van der Waals surface area contributed by atoms with E-state index in [0.717, 1.165) is 0 Å². The molecule has 1 aromatic rings. The van der Waals surface area contributed by atoms with E-state index in [-0.39, 0.29) is 18.0 Å². The van der Waals surface area contributed by atoms with Crippen LogP contribution in [0, 0.1) is 10.1 Å². The van der Waals surface area contributed by atoms with Gasteiger partial charge in [-0.3, -0.25) is 4.79 Å². The first-order valence-corrected chi connectivity index (χ1v) is 3.12. The van der Waals surface area contributed by atoms with Crippen molar-refractivity contribution in [3.63, 3.8) is 0 Å². The molecule has 0 aliphatic carbocycles. The summed E-state index contributed by atoms with van der Waals surface area (Å²) in [5.74, 6) is -0.958. The summed E-state index contributed by atoms with van der Waals surface area (Å²) < 4.78 is 0. The Kier molecular flexibility index (Phi) is 4.47. The van der Waals surface area contributed by atoms with Gasteiger partial charge < -0.3 is 0 Å². The number of carbonyl (C=O) groups excluding carboxylic acids is 1. The zero-order valence-corrected chi connectivity index (χ0v) is 7.19. The van der Waals surface area contributed by atoms with Gasteiger partial charge in [0.05, 0.1) is 0 Å². The van der Waals surface area contributed by atoms with E-state index in [1.807, 2.05) is 0 Å². The van der Waals surface area contributed by atoms with Crippen LogP contribution in [0.2, 0.25) is 0 Å². The van der Waals surface area contributed by atoms with Crippen molar-refractivity contribution in [1.82, 2.24) is 0 Å². The highest BCUT2D eigenvalue weighted by molar-refractivity contribution is 5.88. The second kappa shape index (κ2) is 5.10. The third-order valence-electron chi connectivity index (χ3n) is 1.17. The van der Waals surface area contributed by atoms with Crippen molar-refractivity contribution in [2.75, 3.05) is 0 Å². The van der Waals surface area contributed by atoms with Gasteiger partial charge in [0.1, 0.15) is 0 Å². The lowest BCUT2D eigenvalue weighted by atomic mass is 10.2. The van der Waals surface area contributed by atoms with Gasteiger partial charge in [0.15, 0.2) is 0 Å². The first kappa shape index (κ1) is 11.4. The highest BCUT2D eigenvalue weighted by Gasteiger charge is 2.08. The molecule has 0 amide bonds. The summed E-state index contributed by atoms with van der Waals surface area (Å²) in [5, 5.41) is 8.62. The number of hydrogen-bond donors (Lipinski definition) is 0. The van der Waals surface area contributed by atoms with Crippen molar-refractivity contribution in [2.24, 2.45) is 0 Å². The summed E-state index contributed by atoms with van der Waals surface area (Å²) in [6.07, 6.45) is 0. The quantitative estimate of drug-likeness (QED) is 0.539. The second-order valence-corrected chi connectivity index (χ2v) is 1.97. The van der Waals surface area contributed by atoms with Crippen molar-refractivity contribution in [1.29, 1.82) is 0 Å². The van der Waals surface area contributed by atoms with Crippen molar-refractivity contribution >= 4 is 18.4 Å². The van der Waals surface area contributed by atoms with Crippen LogP contribution in [0.4, 0.5) is 0 Å². The fourth-order valence-electron chi connectivity index (χ4n) is 0.695. The van der Waals surface area contributed by atoms with Gasteiger partial charge in [0.25, 0.3) is 0 Å². The van der Waals surface area contributed by atoms with E-state index in [9.17, 15) is 14.9 Å². The summed E-state index contributed by atoms with van der Waals surface area (Å²) in [6, 6.07) is 7.76. The van der Waals surface area contributed by atoms with Gasteiger partial charge in [-0.1, -0.05) is 18.2 Å².